The first-order chi connectivity index (χ1) is 8.18. The predicted molar refractivity (Wildman–Crippen MR) is 63.6 cm³/mol. The second kappa shape index (κ2) is 7.19. The molecule has 2 aromatic rings. The molecule has 96 valence electrons. The van der Waals surface area contributed by atoms with E-state index in [0.29, 0.717) is 5.39 Å². The zero-order valence-electron chi connectivity index (χ0n) is 10.8. The van der Waals surface area contributed by atoms with Crippen molar-refractivity contribution < 1.29 is 85.1 Å². The van der Waals surface area contributed by atoms with Crippen LogP contribution in [0.15, 0.2) is 46.2 Å². The first-order valence-corrected chi connectivity index (χ1v) is 7.55. The van der Waals surface area contributed by atoms with Gasteiger partial charge in [0.25, 0.3) is 20.2 Å². The number of hydrogen-bond acceptors (Lipinski definition) is 4. The molecule has 0 saturated heterocycles. The molecule has 20 heavy (non-hydrogen) atoms. The summed E-state index contributed by atoms with van der Waals surface area (Å²) in [6, 6.07) is 7.49. The Kier molecular flexibility index (Phi) is 7.37. The second-order valence-electron chi connectivity index (χ2n) is 3.62. The molecule has 6 nitrogen and oxygen atoms in total. The van der Waals surface area contributed by atoms with Gasteiger partial charge in [-0.3, -0.25) is 9.11 Å². The average Bonchev–Trinajstić information content (AvgIpc) is 2.25. The van der Waals surface area contributed by atoms with Gasteiger partial charge in [-0.05, 0) is 35.0 Å². The molecule has 0 radical (unpaired) electrons. The van der Waals surface area contributed by atoms with Crippen LogP contribution in [-0.2, 0) is 20.2 Å². The van der Waals surface area contributed by atoms with E-state index in [2.05, 4.69) is 0 Å². The number of rotatable bonds is 2. The third-order valence-electron chi connectivity index (χ3n) is 2.38. The maximum absolute atomic E-state index is 10.9. The number of fused-ring (bicyclic) bond motifs is 1. The van der Waals surface area contributed by atoms with Gasteiger partial charge in [-0.2, -0.15) is 16.8 Å². The first kappa shape index (κ1) is 20.5. The van der Waals surface area contributed by atoms with E-state index >= 15 is 0 Å². The second-order valence-corrected chi connectivity index (χ2v) is 6.46. The molecule has 0 amide bonds. The van der Waals surface area contributed by atoms with Gasteiger partial charge < -0.3 is 0 Å². The molecular formula is C10H8Na2O6S2+2. The van der Waals surface area contributed by atoms with Gasteiger partial charge in [-0.15, -0.1) is 0 Å². The number of benzene rings is 2. The minimum absolute atomic E-state index is 0. The Balaban J connectivity index is 0.00000180. The fourth-order valence-electron chi connectivity index (χ4n) is 1.52. The molecule has 0 unspecified atom stereocenters. The van der Waals surface area contributed by atoms with Crippen LogP contribution in [0.25, 0.3) is 10.8 Å². The van der Waals surface area contributed by atoms with Crippen LogP contribution in [0.2, 0.25) is 0 Å². The fraction of sp³-hybridized carbons (Fsp3) is 0. The molecule has 0 fully saturated rings. The minimum atomic E-state index is -4.35. The van der Waals surface area contributed by atoms with Crippen LogP contribution >= 0.6 is 0 Å². The maximum Gasteiger partial charge on any atom is 1.00 e. The standard InChI is InChI=1S/C10H8O6S2.2Na/c11-17(12,13)9-3-1-7-2-4-10(18(14,15)16)6-8(7)5-9;;/h1-6H,(H,11,12,13)(H,14,15,16);;/q;2*+1. The molecule has 0 atom stereocenters. The monoisotopic (exact) mass is 334 g/mol. The maximum atomic E-state index is 10.9. The third-order valence-corrected chi connectivity index (χ3v) is 4.08. The van der Waals surface area contributed by atoms with Crippen LogP contribution in [0.5, 0.6) is 0 Å². The van der Waals surface area contributed by atoms with Crippen molar-refractivity contribution in [3.63, 3.8) is 0 Å². The molecule has 2 rings (SSSR count). The Morgan fingerprint density at radius 1 is 0.650 bits per heavy atom. The smallest absolute Gasteiger partial charge is 0.282 e. The van der Waals surface area contributed by atoms with E-state index in [1.54, 1.807) is 0 Å². The van der Waals surface area contributed by atoms with Crippen molar-refractivity contribution in [1.82, 2.24) is 0 Å². The molecular weight excluding hydrogens is 326 g/mol. The van der Waals surface area contributed by atoms with Crippen molar-refractivity contribution in [3.05, 3.63) is 36.4 Å². The van der Waals surface area contributed by atoms with E-state index in [9.17, 15) is 16.8 Å². The summed E-state index contributed by atoms with van der Waals surface area (Å²) < 4.78 is 61.5. The molecule has 0 aliphatic heterocycles. The van der Waals surface area contributed by atoms with Gasteiger partial charge in [-0.1, -0.05) is 12.1 Å². The topological polar surface area (TPSA) is 109 Å². The van der Waals surface area contributed by atoms with E-state index in [1.807, 2.05) is 0 Å². The predicted octanol–water partition coefficient (Wildman–Crippen LogP) is -4.66. The number of hydrogen-bond donors (Lipinski definition) is 2. The van der Waals surface area contributed by atoms with E-state index in [4.69, 9.17) is 9.11 Å². The van der Waals surface area contributed by atoms with Gasteiger partial charge in [0.2, 0.25) is 0 Å². The minimum Gasteiger partial charge on any atom is -0.282 e. The molecule has 0 bridgehead atoms. The molecule has 0 heterocycles. The summed E-state index contributed by atoms with van der Waals surface area (Å²) in [6.07, 6.45) is 0. The summed E-state index contributed by atoms with van der Waals surface area (Å²) in [4.78, 5) is -0.690. The summed E-state index contributed by atoms with van der Waals surface area (Å²) in [6.45, 7) is 0. The molecule has 0 saturated carbocycles. The SMILES string of the molecule is O=S(=O)(O)c1ccc2ccc(S(=O)(=O)O)cc2c1.[Na+].[Na+]. The van der Waals surface area contributed by atoms with E-state index in [0.717, 1.165) is 12.1 Å². The zero-order chi connectivity index (χ0) is 13.6. The summed E-state index contributed by atoms with van der Waals surface area (Å²) in [5.74, 6) is 0. The summed E-state index contributed by atoms with van der Waals surface area (Å²) in [7, 11) is -8.71. The van der Waals surface area contributed by atoms with Crippen LogP contribution in [0, 0.1) is 0 Å². The van der Waals surface area contributed by atoms with Gasteiger partial charge in [0.15, 0.2) is 0 Å². The van der Waals surface area contributed by atoms with Gasteiger partial charge in [-0.25, -0.2) is 0 Å². The normalized spacial score (nSPS) is 11.5. The van der Waals surface area contributed by atoms with Gasteiger partial charge in [0, 0.05) is 0 Å². The fourth-order valence-corrected chi connectivity index (χ4v) is 2.56. The Morgan fingerprint density at radius 3 is 1.30 bits per heavy atom. The zero-order valence-corrected chi connectivity index (χ0v) is 16.4. The quantitative estimate of drug-likeness (QED) is 0.422. The molecule has 0 aliphatic rings. The van der Waals surface area contributed by atoms with Gasteiger partial charge >= 0.3 is 59.1 Å². The summed E-state index contributed by atoms with van der Waals surface area (Å²) >= 11 is 0. The van der Waals surface area contributed by atoms with E-state index < -0.39 is 20.2 Å². The van der Waals surface area contributed by atoms with Crippen molar-refractivity contribution >= 4 is 31.0 Å². The Hall–Kier alpha value is 0.520. The van der Waals surface area contributed by atoms with Crippen LogP contribution < -0.4 is 59.1 Å². The van der Waals surface area contributed by atoms with Crippen LogP contribution in [-0.4, -0.2) is 25.9 Å². The molecule has 0 spiro atoms. The van der Waals surface area contributed by atoms with Crippen molar-refractivity contribution in [2.45, 2.75) is 9.79 Å². The van der Waals surface area contributed by atoms with Crippen LogP contribution in [0.3, 0.4) is 0 Å². The van der Waals surface area contributed by atoms with E-state index in [-0.39, 0.29) is 74.3 Å². The largest absolute Gasteiger partial charge is 1.00 e. The average molecular weight is 334 g/mol. The Labute approximate surface area is 160 Å². The summed E-state index contributed by atoms with van der Waals surface area (Å²) in [5, 5.41) is 0.857. The van der Waals surface area contributed by atoms with Crippen molar-refractivity contribution in [3.8, 4) is 0 Å². The molecule has 0 aliphatic carbocycles. The van der Waals surface area contributed by atoms with Crippen LogP contribution in [0.4, 0.5) is 0 Å². The summed E-state index contributed by atoms with van der Waals surface area (Å²) in [5.41, 5.74) is 0. The Morgan fingerprint density at radius 2 is 1.00 bits per heavy atom. The Bertz CT molecular complexity index is 763. The molecule has 2 aromatic carbocycles. The van der Waals surface area contributed by atoms with Crippen molar-refractivity contribution in [2.24, 2.45) is 0 Å². The molecule has 2 N–H and O–H groups in total. The van der Waals surface area contributed by atoms with Gasteiger partial charge in [0.05, 0.1) is 9.79 Å². The van der Waals surface area contributed by atoms with Crippen LogP contribution in [0.1, 0.15) is 0 Å². The molecule has 10 heteroatoms. The first-order valence-electron chi connectivity index (χ1n) is 4.67. The van der Waals surface area contributed by atoms with Crippen molar-refractivity contribution in [1.29, 1.82) is 0 Å². The molecule has 0 aromatic heterocycles. The van der Waals surface area contributed by atoms with Crippen molar-refractivity contribution in [2.75, 3.05) is 0 Å². The van der Waals surface area contributed by atoms with Gasteiger partial charge in [0.1, 0.15) is 0 Å². The third kappa shape index (κ3) is 4.77. The van der Waals surface area contributed by atoms with E-state index in [1.165, 1.54) is 24.3 Å².